The maximum Gasteiger partial charge on any atom is 0.472 e. The van der Waals surface area contributed by atoms with Gasteiger partial charge in [0.1, 0.15) is 13.2 Å². The van der Waals surface area contributed by atoms with Gasteiger partial charge in [0.15, 0.2) is 0 Å². The first kappa shape index (κ1) is 40.9. The van der Waals surface area contributed by atoms with Gasteiger partial charge in [0.2, 0.25) is 0 Å². The molecule has 0 amide bonds. The van der Waals surface area contributed by atoms with Crippen molar-refractivity contribution in [1.29, 1.82) is 0 Å². The zero-order valence-corrected chi connectivity index (χ0v) is 32.2. The number of fused-ring (bicyclic) bond motifs is 5. The van der Waals surface area contributed by atoms with E-state index in [0.717, 1.165) is 42.4 Å². The molecule has 10 atom stereocenters. The molecular formula is C38H70NO7P. The summed E-state index contributed by atoms with van der Waals surface area (Å²) in [7, 11) is 1.96. The maximum absolute atomic E-state index is 12.0. The summed E-state index contributed by atoms with van der Waals surface area (Å²) in [6.45, 7) is 16.8. The summed E-state index contributed by atoms with van der Waals surface area (Å²) in [5.74, 6) is 5.41. The van der Waals surface area contributed by atoms with Crippen molar-refractivity contribution >= 4 is 7.82 Å². The van der Waals surface area contributed by atoms with E-state index in [2.05, 4.69) is 59.8 Å². The lowest BCUT2D eigenvalue weighted by Crippen LogP contribution is -2.51. The van der Waals surface area contributed by atoms with Crippen LogP contribution >= 0.6 is 7.82 Å². The molecule has 0 aliphatic heterocycles. The molecule has 3 saturated carbocycles. The van der Waals surface area contributed by atoms with Crippen molar-refractivity contribution in [2.24, 2.45) is 52.3 Å². The van der Waals surface area contributed by atoms with E-state index in [9.17, 15) is 9.46 Å². The summed E-state index contributed by atoms with van der Waals surface area (Å²) < 4.78 is 34.7. The Balaban J connectivity index is 0.00000600. The first-order valence-electron chi connectivity index (χ1n) is 18.6. The number of nitrogens with zero attached hydrogens (tertiary/aromatic N) is 1. The minimum absolute atomic E-state index is 0. The Labute approximate surface area is 287 Å². The monoisotopic (exact) mass is 683 g/mol. The lowest BCUT2D eigenvalue weighted by atomic mass is 9.47. The van der Waals surface area contributed by atoms with Crippen LogP contribution in [0.15, 0.2) is 23.8 Å². The molecule has 0 spiro atoms. The van der Waals surface area contributed by atoms with Crippen LogP contribution in [0.4, 0.5) is 0 Å². The van der Waals surface area contributed by atoms with Gasteiger partial charge >= 0.3 is 7.82 Å². The van der Waals surface area contributed by atoms with Crippen LogP contribution in [-0.2, 0) is 23.1 Å². The normalized spacial score (nSPS) is 35.0. The second kappa shape index (κ2) is 17.1. The van der Waals surface area contributed by atoms with E-state index in [1.807, 2.05) is 21.1 Å². The van der Waals surface area contributed by atoms with Gasteiger partial charge in [0.05, 0.1) is 53.7 Å². The topological polar surface area (TPSA) is 104 Å². The van der Waals surface area contributed by atoms with Crippen molar-refractivity contribution in [2.45, 2.75) is 105 Å². The van der Waals surface area contributed by atoms with E-state index in [-0.39, 0.29) is 31.4 Å². The Morgan fingerprint density at radius 1 is 0.957 bits per heavy atom. The third-order valence-electron chi connectivity index (χ3n) is 12.8. The molecule has 4 aliphatic rings. The summed E-state index contributed by atoms with van der Waals surface area (Å²) in [6, 6.07) is 0. The molecule has 0 saturated heterocycles. The quantitative estimate of drug-likeness (QED) is 0.0710. The highest BCUT2D eigenvalue weighted by Gasteiger charge is 2.59. The van der Waals surface area contributed by atoms with Crippen LogP contribution in [0.5, 0.6) is 0 Å². The summed E-state index contributed by atoms with van der Waals surface area (Å²) in [6.07, 6.45) is 19.5. The zero-order valence-electron chi connectivity index (χ0n) is 31.3. The molecule has 47 heavy (non-hydrogen) atoms. The fourth-order valence-corrected chi connectivity index (χ4v) is 10.7. The predicted octanol–water partition coefficient (Wildman–Crippen LogP) is 8.50. The molecule has 0 radical (unpaired) electrons. The van der Waals surface area contributed by atoms with Crippen LogP contribution in [0, 0.1) is 52.3 Å². The Morgan fingerprint density at radius 2 is 1.66 bits per heavy atom. The minimum atomic E-state index is -4.05. The third kappa shape index (κ3) is 10.3. The first-order chi connectivity index (χ1) is 21.6. The molecule has 0 aromatic rings. The van der Waals surface area contributed by atoms with Crippen LogP contribution in [0.3, 0.4) is 0 Å². The second-order valence-corrected chi connectivity index (χ2v) is 18.5. The van der Waals surface area contributed by atoms with Gasteiger partial charge in [-0.15, -0.1) is 0 Å². The molecule has 0 heterocycles. The molecule has 4 rings (SSSR count). The average molecular weight is 684 g/mol. The zero-order chi connectivity index (χ0) is 33.8. The number of phosphoric ester groups is 1. The largest absolute Gasteiger partial charge is 0.870 e. The molecule has 9 heteroatoms. The number of rotatable bonds is 17. The summed E-state index contributed by atoms with van der Waals surface area (Å²) in [4.78, 5) is 9.84. The predicted molar refractivity (Wildman–Crippen MR) is 189 cm³/mol. The number of phosphoric acid groups is 1. The van der Waals surface area contributed by atoms with Gasteiger partial charge in [-0.1, -0.05) is 65.3 Å². The van der Waals surface area contributed by atoms with Crippen LogP contribution in [0.1, 0.15) is 99.3 Å². The smallest absolute Gasteiger partial charge is 0.472 e. The Hall–Kier alpha value is -0.570. The molecule has 0 aromatic carbocycles. The average Bonchev–Trinajstić information content (AvgIpc) is 3.33. The van der Waals surface area contributed by atoms with Crippen LogP contribution in [-0.4, -0.2) is 81.7 Å². The van der Waals surface area contributed by atoms with Crippen molar-refractivity contribution in [3.8, 4) is 0 Å². The van der Waals surface area contributed by atoms with Crippen molar-refractivity contribution < 1.29 is 37.9 Å². The molecule has 0 aromatic heterocycles. The first-order valence-corrected chi connectivity index (χ1v) is 20.1. The maximum atomic E-state index is 12.0. The fourth-order valence-electron chi connectivity index (χ4n) is 10.0. The van der Waals surface area contributed by atoms with E-state index < -0.39 is 7.82 Å². The number of allylic oxidation sites excluding steroid dienone is 3. The molecule has 2 unspecified atom stereocenters. The molecule has 274 valence electrons. The van der Waals surface area contributed by atoms with Crippen molar-refractivity contribution in [3.63, 3.8) is 0 Å². The lowest BCUT2D eigenvalue weighted by Gasteiger charge is -2.58. The van der Waals surface area contributed by atoms with Crippen molar-refractivity contribution in [2.75, 3.05) is 60.7 Å². The van der Waals surface area contributed by atoms with E-state index in [1.54, 1.807) is 5.57 Å². The van der Waals surface area contributed by atoms with E-state index in [0.29, 0.717) is 46.9 Å². The van der Waals surface area contributed by atoms with Gasteiger partial charge in [0.25, 0.3) is 0 Å². The van der Waals surface area contributed by atoms with Gasteiger partial charge in [-0.2, -0.15) is 0 Å². The Bertz CT molecular complexity index is 1090. The van der Waals surface area contributed by atoms with Gasteiger partial charge in [-0.25, -0.2) is 4.57 Å². The second-order valence-electron chi connectivity index (χ2n) is 17.0. The van der Waals surface area contributed by atoms with Gasteiger partial charge in [-0.05, 0) is 110 Å². The highest BCUT2D eigenvalue weighted by atomic mass is 31.2. The lowest BCUT2D eigenvalue weighted by molar-refractivity contribution is -0.870. The summed E-state index contributed by atoms with van der Waals surface area (Å²) in [5.41, 5.74) is 2.45. The van der Waals surface area contributed by atoms with E-state index >= 15 is 0 Å². The van der Waals surface area contributed by atoms with Crippen molar-refractivity contribution in [3.05, 3.63) is 23.8 Å². The number of likely N-dealkylation sites (N-methyl/N-ethyl adjacent to an activating group) is 1. The number of hydrogen-bond donors (Lipinski definition) is 1. The molecule has 4 aliphatic carbocycles. The van der Waals surface area contributed by atoms with Crippen LogP contribution in [0.2, 0.25) is 0 Å². The van der Waals surface area contributed by atoms with Crippen molar-refractivity contribution in [1.82, 2.24) is 0 Å². The Morgan fingerprint density at radius 3 is 2.34 bits per heavy atom. The highest BCUT2D eigenvalue weighted by molar-refractivity contribution is 7.47. The SMILES string of the molecule is CC[C@H](/C=C/[C@@H](C)[C@H]1CC[C@H]2[C@@H]3CC=C4CC(OCCOCCOP(=O)(O)OCC[N+](C)(C)C)CC[C@]4(C)[C@H]3CC[C@]12C)C(C)C.[OH-]. The molecule has 8 nitrogen and oxygen atoms in total. The van der Waals surface area contributed by atoms with Gasteiger partial charge in [-0.3, -0.25) is 9.05 Å². The number of hydrogen-bond acceptors (Lipinski definition) is 6. The molecule has 3 fully saturated rings. The summed E-state index contributed by atoms with van der Waals surface area (Å²) >= 11 is 0. The standard InChI is InChI=1S/C38H68NO6P.H2O/c1-10-30(28(2)3)12-11-29(4)34-15-16-35-33-14-13-31-27-32(17-19-37(31,5)36(33)18-20-38(34,35)6)43-25-23-42-24-26-45-46(40,41)44-22-21-39(7,8)9;/h11-13,28-30,32-36H,10,14-27H2,1-9H3;1H2/b12-11+;/t29-,30-,32?,33+,34-,35+,36+,37+,38-;/m1./s1. The summed E-state index contributed by atoms with van der Waals surface area (Å²) in [5, 5.41) is 0. The molecule has 0 bridgehead atoms. The van der Waals surface area contributed by atoms with Crippen LogP contribution in [0.25, 0.3) is 0 Å². The molecule has 2 N–H and O–H groups in total. The highest BCUT2D eigenvalue weighted by Crippen LogP contribution is 2.67. The Kier molecular flexibility index (Phi) is 14.9. The number of ether oxygens (including phenoxy) is 2. The fraction of sp³-hybridized carbons (Fsp3) is 0.895. The minimum Gasteiger partial charge on any atom is -0.870 e. The third-order valence-corrected chi connectivity index (χ3v) is 13.9. The number of quaternary nitrogens is 1. The van der Waals surface area contributed by atoms with Gasteiger partial charge < -0.3 is 24.3 Å². The van der Waals surface area contributed by atoms with Gasteiger partial charge in [0, 0.05) is 0 Å². The van der Waals surface area contributed by atoms with Crippen LogP contribution < -0.4 is 0 Å². The van der Waals surface area contributed by atoms with E-state index in [1.165, 1.54) is 44.9 Å². The van der Waals surface area contributed by atoms with E-state index in [4.69, 9.17) is 18.5 Å². The molecular weight excluding hydrogens is 613 g/mol.